The van der Waals surface area contributed by atoms with Gasteiger partial charge in [0.1, 0.15) is 5.60 Å². The molecule has 0 aliphatic carbocycles. The lowest BCUT2D eigenvalue weighted by molar-refractivity contribution is -0.0122. The lowest BCUT2D eigenvalue weighted by atomic mass is 9.93. The molecule has 3 aliphatic heterocycles. The number of hydrogen-bond donors (Lipinski definition) is 0. The number of carbonyl (C=O) groups excluding carboxylic acids is 1. The number of piperazine rings is 1. The Labute approximate surface area is 162 Å². The molecule has 3 aliphatic rings. The van der Waals surface area contributed by atoms with Gasteiger partial charge in [0, 0.05) is 59.4 Å². The summed E-state index contributed by atoms with van der Waals surface area (Å²) in [7, 11) is 1.84. The summed E-state index contributed by atoms with van der Waals surface area (Å²) in [6.45, 7) is 10.5. The minimum atomic E-state index is -0.265. The number of ether oxygens (including phenoxy) is 1. The SMILES string of the molecule is CN1CC2(CCCN(CCN3CCN(Cc4ccccc4)CC3)C2)OC1=O. The Hall–Kier alpha value is -1.63. The zero-order chi connectivity index (χ0) is 18.7. The maximum atomic E-state index is 11.8. The van der Waals surface area contributed by atoms with E-state index in [-0.39, 0.29) is 11.7 Å². The molecule has 3 fully saturated rings. The number of likely N-dealkylation sites (N-methyl/N-ethyl adjacent to an activating group) is 1. The number of benzene rings is 1. The highest BCUT2D eigenvalue weighted by molar-refractivity contribution is 5.70. The molecule has 6 nitrogen and oxygen atoms in total. The molecule has 0 saturated carbocycles. The van der Waals surface area contributed by atoms with Gasteiger partial charge in [0.05, 0.1) is 6.54 Å². The highest BCUT2D eigenvalue weighted by atomic mass is 16.6. The van der Waals surface area contributed by atoms with Crippen LogP contribution in [0, 0.1) is 0 Å². The van der Waals surface area contributed by atoms with Crippen molar-refractivity contribution < 1.29 is 9.53 Å². The number of hydrogen-bond acceptors (Lipinski definition) is 5. The smallest absolute Gasteiger partial charge is 0.410 e. The fraction of sp³-hybridized carbons (Fsp3) is 0.667. The predicted octanol–water partition coefficient (Wildman–Crippen LogP) is 1.72. The molecule has 0 aromatic heterocycles. The molecule has 3 heterocycles. The van der Waals surface area contributed by atoms with Crippen molar-refractivity contribution in [2.24, 2.45) is 0 Å². The molecule has 1 spiro atoms. The van der Waals surface area contributed by atoms with E-state index >= 15 is 0 Å². The molecule has 1 atom stereocenters. The molecule has 3 saturated heterocycles. The Balaban J connectivity index is 1.19. The van der Waals surface area contributed by atoms with Gasteiger partial charge in [-0.1, -0.05) is 30.3 Å². The van der Waals surface area contributed by atoms with Crippen LogP contribution in [0.1, 0.15) is 18.4 Å². The quantitative estimate of drug-likeness (QED) is 0.787. The molecule has 1 amide bonds. The van der Waals surface area contributed by atoms with Crippen LogP contribution in [0.3, 0.4) is 0 Å². The second kappa shape index (κ2) is 8.17. The molecule has 1 unspecified atom stereocenters. The molecule has 1 aromatic rings. The second-order valence-corrected chi connectivity index (χ2v) is 8.39. The van der Waals surface area contributed by atoms with Crippen molar-refractivity contribution in [2.75, 3.05) is 66.0 Å². The third-order valence-electron chi connectivity index (χ3n) is 6.21. The van der Waals surface area contributed by atoms with E-state index in [1.807, 2.05) is 7.05 Å². The molecule has 0 bridgehead atoms. The van der Waals surface area contributed by atoms with Crippen LogP contribution < -0.4 is 0 Å². The van der Waals surface area contributed by atoms with Gasteiger partial charge in [-0.15, -0.1) is 0 Å². The van der Waals surface area contributed by atoms with Gasteiger partial charge < -0.3 is 9.64 Å². The summed E-state index contributed by atoms with van der Waals surface area (Å²) >= 11 is 0. The summed E-state index contributed by atoms with van der Waals surface area (Å²) < 4.78 is 5.72. The van der Waals surface area contributed by atoms with Crippen molar-refractivity contribution in [3.63, 3.8) is 0 Å². The lowest BCUT2D eigenvalue weighted by Gasteiger charge is -2.40. The maximum Gasteiger partial charge on any atom is 0.410 e. The van der Waals surface area contributed by atoms with Gasteiger partial charge in [0.15, 0.2) is 0 Å². The lowest BCUT2D eigenvalue weighted by Crippen LogP contribution is -2.53. The van der Waals surface area contributed by atoms with Gasteiger partial charge in [-0.2, -0.15) is 0 Å². The van der Waals surface area contributed by atoms with Crippen LogP contribution in [-0.2, 0) is 11.3 Å². The van der Waals surface area contributed by atoms with Crippen molar-refractivity contribution >= 4 is 6.09 Å². The minimum absolute atomic E-state index is 0.161. The van der Waals surface area contributed by atoms with Crippen molar-refractivity contribution in [2.45, 2.75) is 25.0 Å². The molecular weight excluding hydrogens is 340 g/mol. The van der Waals surface area contributed by atoms with Gasteiger partial charge in [0.25, 0.3) is 0 Å². The topological polar surface area (TPSA) is 39.3 Å². The Kier molecular flexibility index (Phi) is 5.66. The summed E-state index contributed by atoms with van der Waals surface area (Å²) in [6.07, 6.45) is 1.95. The van der Waals surface area contributed by atoms with Crippen molar-refractivity contribution in [1.29, 1.82) is 0 Å². The first-order chi connectivity index (χ1) is 13.1. The van der Waals surface area contributed by atoms with Crippen molar-refractivity contribution in [3.8, 4) is 0 Å². The molecule has 0 N–H and O–H groups in total. The van der Waals surface area contributed by atoms with Gasteiger partial charge in [-0.05, 0) is 24.9 Å². The van der Waals surface area contributed by atoms with Gasteiger partial charge in [-0.25, -0.2) is 4.79 Å². The van der Waals surface area contributed by atoms with Crippen LogP contribution in [0.2, 0.25) is 0 Å². The first-order valence-corrected chi connectivity index (χ1v) is 10.3. The highest BCUT2D eigenvalue weighted by Crippen LogP contribution is 2.31. The zero-order valence-corrected chi connectivity index (χ0v) is 16.5. The number of likely N-dealkylation sites (tertiary alicyclic amines) is 1. The van der Waals surface area contributed by atoms with Crippen LogP contribution >= 0.6 is 0 Å². The van der Waals surface area contributed by atoms with E-state index in [4.69, 9.17) is 4.74 Å². The summed E-state index contributed by atoms with van der Waals surface area (Å²) in [5, 5.41) is 0. The molecule has 148 valence electrons. The molecule has 27 heavy (non-hydrogen) atoms. The number of amides is 1. The molecule has 1 aromatic carbocycles. The van der Waals surface area contributed by atoms with Crippen molar-refractivity contribution in [3.05, 3.63) is 35.9 Å². The Morgan fingerprint density at radius 3 is 2.33 bits per heavy atom. The standard InChI is InChI=1S/C21H32N4O2/c1-22-17-21(27-20(22)26)8-5-9-25(18-21)15-12-23-10-13-24(14-11-23)16-19-6-3-2-4-7-19/h2-4,6-7H,5,8-18H2,1H3. The van der Waals surface area contributed by atoms with E-state index < -0.39 is 0 Å². The van der Waals surface area contributed by atoms with Gasteiger partial charge >= 0.3 is 6.09 Å². The largest absolute Gasteiger partial charge is 0.440 e. The molecule has 6 heteroatoms. The van der Waals surface area contributed by atoms with E-state index in [9.17, 15) is 4.79 Å². The van der Waals surface area contributed by atoms with Gasteiger partial charge in [-0.3, -0.25) is 14.7 Å². The third kappa shape index (κ3) is 4.62. The monoisotopic (exact) mass is 372 g/mol. The fourth-order valence-corrected chi connectivity index (χ4v) is 4.68. The van der Waals surface area contributed by atoms with E-state index in [0.717, 1.165) is 78.3 Å². The van der Waals surface area contributed by atoms with E-state index in [0.29, 0.717) is 0 Å². The molecule has 0 radical (unpaired) electrons. The van der Waals surface area contributed by atoms with E-state index in [1.54, 1.807) is 4.90 Å². The number of piperidine rings is 1. The summed E-state index contributed by atoms with van der Waals surface area (Å²) in [6, 6.07) is 10.8. The summed E-state index contributed by atoms with van der Waals surface area (Å²) in [5.41, 5.74) is 1.14. The normalized spacial score (nSPS) is 28.0. The second-order valence-electron chi connectivity index (χ2n) is 8.39. The first-order valence-electron chi connectivity index (χ1n) is 10.3. The average molecular weight is 373 g/mol. The molecular formula is C21H32N4O2. The number of rotatable bonds is 5. The Bertz CT molecular complexity index is 632. The number of nitrogens with zero attached hydrogens (tertiary/aromatic N) is 4. The van der Waals surface area contributed by atoms with Crippen LogP contribution in [0.5, 0.6) is 0 Å². The molecule has 4 rings (SSSR count). The average Bonchev–Trinajstić information content (AvgIpc) is 2.95. The maximum absolute atomic E-state index is 11.8. The summed E-state index contributed by atoms with van der Waals surface area (Å²) in [5.74, 6) is 0. The predicted molar refractivity (Wildman–Crippen MR) is 106 cm³/mol. The zero-order valence-electron chi connectivity index (χ0n) is 16.5. The van der Waals surface area contributed by atoms with Crippen LogP contribution in [0.25, 0.3) is 0 Å². The first kappa shape index (κ1) is 18.7. The Morgan fingerprint density at radius 2 is 1.63 bits per heavy atom. The third-order valence-corrected chi connectivity index (χ3v) is 6.21. The number of carbonyl (C=O) groups is 1. The van der Waals surface area contributed by atoms with E-state index in [2.05, 4.69) is 45.0 Å². The van der Waals surface area contributed by atoms with Crippen LogP contribution in [-0.4, -0.2) is 97.2 Å². The minimum Gasteiger partial charge on any atom is -0.440 e. The van der Waals surface area contributed by atoms with E-state index in [1.165, 1.54) is 5.56 Å². The van der Waals surface area contributed by atoms with Gasteiger partial charge in [0.2, 0.25) is 0 Å². The van der Waals surface area contributed by atoms with Crippen LogP contribution in [0.15, 0.2) is 30.3 Å². The Morgan fingerprint density at radius 1 is 0.926 bits per heavy atom. The highest BCUT2D eigenvalue weighted by Gasteiger charge is 2.46. The van der Waals surface area contributed by atoms with Crippen LogP contribution in [0.4, 0.5) is 4.79 Å². The summed E-state index contributed by atoms with van der Waals surface area (Å²) in [4.78, 5) is 21.1. The van der Waals surface area contributed by atoms with Crippen molar-refractivity contribution in [1.82, 2.24) is 19.6 Å². The fourth-order valence-electron chi connectivity index (χ4n) is 4.68.